The Labute approximate surface area is 137 Å². The van der Waals surface area contributed by atoms with E-state index in [-0.39, 0.29) is 6.04 Å². The average molecular weight is 406 g/mol. The standard InChI is InChI=1S/C15H14Cl2IN/c1-8-5-11(13(17)6-9(8)2)15(19)12-7-10(16)3-4-14(12)18/h3-7,15H,19H2,1-2H3. The van der Waals surface area contributed by atoms with Crippen molar-refractivity contribution in [3.05, 3.63) is 66.2 Å². The zero-order chi connectivity index (χ0) is 14.2. The number of rotatable bonds is 2. The van der Waals surface area contributed by atoms with Crippen LogP contribution in [0.3, 0.4) is 0 Å². The second-order valence-electron chi connectivity index (χ2n) is 4.60. The summed E-state index contributed by atoms with van der Waals surface area (Å²) < 4.78 is 1.09. The molecule has 0 bridgehead atoms. The minimum absolute atomic E-state index is 0.266. The second kappa shape index (κ2) is 6.00. The molecular weight excluding hydrogens is 392 g/mol. The number of aryl methyl sites for hydroxylation is 2. The molecule has 0 heterocycles. The van der Waals surface area contributed by atoms with Crippen LogP contribution < -0.4 is 5.73 Å². The van der Waals surface area contributed by atoms with Crippen molar-refractivity contribution >= 4 is 45.8 Å². The van der Waals surface area contributed by atoms with Gasteiger partial charge in [0, 0.05) is 13.6 Å². The van der Waals surface area contributed by atoms with Gasteiger partial charge in [-0.1, -0.05) is 29.3 Å². The maximum absolute atomic E-state index is 6.36. The van der Waals surface area contributed by atoms with E-state index in [1.807, 2.05) is 31.2 Å². The number of nitrogens with two attached hydrogens (primary N) is 1. The van der Waals surface area contributed by atoms with Crippen molar-refractivity contribution in [2.45, 2.75) is 19.9 Å². The molecule has 0 fully saturated rings. The first-order valence-corrected chi connectivity index (χ1v) is 7.71. The molecule has 0 aliphatic carbocycles. The molecule has 4 heteroatoms. The van der Waals surface area contributed by atoms with Crippen molar-refractivity contribution in [1.82, 2.24) is 0 Å². The number of benzene rings is 2. The Morgan fingerprint density at radius 2 is 1.63 bits per heavy atom. The quantitative estimate of drug-likeness (QED) is 0.677. The van der Waals surface area contributed by atoms with Crippen LogP contribution in [0.4, 0.5) is 0 Å². The van der Waals surface area contributed by atoms with Crippen LogP contribution in [-0.4, -0.2) is 0 Å². The summed E-state index contributed by atoms with van der Waals surface area (Å²) in [5.41, 5.74) is 10.6. The minimum atomic E-state index is -0.266. The van der Waals surface area contributed by atoms with Crippen LogP contribution in [0.1, 0.15) is 28.3 Å². The Bertz CT molecular complexity index is 626. The summed E-state index contributed by atoms with van der Waals surface area (Å²) in [6.45, 7) is 4.10. The highest BCUT2D eigenvalue weighted by Crippen LogP contribution is 2.32. The zero-order valence-electron chi connectivity index (χ0n) is 10.7. The van der Waals surface area contributed by atoms with Gasteiger partial charge in [0.1, 0.15) is 0 Å². The van der Waals surface area contributed by atoms with Crippen molar-refractivity contribution in [2.75, 3.05) is 0 Å². The highest BCUT2D eigenvalue weighted by Gasteiger charge is 2.16. The molecule has 0 aromatic heterocycles. The van der Waals surface area contributed by atoms with Crippen LogP contribution >= 0.6 is 45.8 Å². The summed E-state index contributed by atoms with van der Waals surface area (Å²) in [7, 11) is 0. The first-order chi connectivity index (χ1) is 8.90. The first-order valence-electron chi connectivity index (χ1n) is 5.87. The van der Waals surface area contributed by atoms with Gasteiger partial charge >= 0.3 is 0 Å². The normalized spacial score (nSPS) is 12.5. The van der Waals surface area contributed by atoms with Crippen LogP contribution in [0.25, 0.3) is 0 Å². The topological polar surface area (TPSA) is 26.0 Å². The van der Waals surface area contributed by atoms with Gasteiger partial charge in [-0.15, -0.1) is 0 Å². The molecule has 0 aliphatic heterocycles. The number of halogens is 3. The molecular formula is C15H14Cl2IN. The molecule has 1 atom stereocenters. The third-order valence-electron chi connectivity index (χ3n) is 3.24. The lowest BCUT2D eigenvalue weighted by Crippen LogP contribution is -2.14. The third-order valence-corrected chi connectivity index (χ3v) is 4.79. The summed E-state index contributed by atoms with van der Waals surface area (Å²) in [5.74, 6) is 0. The first kappa shape index (κ1) is 15.1. The third kappa shape index (κ3) is 3.24. The Morgan fingerprint density at radius 3 is 2.32 bits per heavy atom. The predicted molar refractivity (Wildman–Crippen MR) is 91.1 cm³/mol. The Hall–Kier alpha value is -0.290. The fraction of sp³-hybridized carbons (Fsp3) is 0.200. The van der Waals surface area contributed by atoms with E-state index in [9.17, 15) is 0 Å². The number of hydrogen-bond donors (Lipinski definition) is 1. The highest BCUT2D eigenvalue weighted by molar-refractivity contribution is 14.1. The maximum atomic E-state index is 6.36. The van der Waals surface area contributed by atoms with Crippen LogP contribution in [-0.2, 0) is 0 Å². The van der Waals surface area contributed by atoms with E-state index in [0.29, 0.717) is 10.0 Å². The van der Waals surface area contributed by atoms with E-state index in [2.05, 4.69) is 35.6 Å². The Kier molecular flexibility index (Phi) is 4.77. The van der Waals surface area contributed by atoms with E-state index in [0.717, 1.165) is 14.7 Å². The zero-order valence-corrected chi connectivity index (χ0v) is 14.3. The second-order valence-corrected chi connectivity index (χ2v) is 6.61. The lowest BCUT2D eigenvalue weighted by atomic mass is 9.96. The van der Waals surface area contributed by atoms with Crippen LogP contribution in [0.5, 0.6) is 0 Å². The van der Waals surface area contributed by atoms with Gasteiger partial charge in [0.2, 0.25) is 0 Å². The summed E-state index contributed by atoms with van der Waals surface area (Å²) >= 11 is 14.6. The van der Waals surface area contributed by atoms with E-state index >= 15 is 0 Å². The highest BCUT2D eigenvalue weighted by atomic mass is 127. The monoisotopic (exact) mass is 405 g/mol. The molecule has 1 unspecified atom stereocenters. The van der Waals surface area contributed by atoms with Gasteiger partial charge in [0.05, 0.1) is 6.04 Å². The van der Waals surface area contributed by atoms with Crippen molar-refractivity contribution in [2.24, 2.45) is 5.73 Å². The summed E-state index contributed by atoms with van der Waals surface area (Å²) in [6.07, 6.45) is 0. The van der Waals surface area contributed by atoms with Gasteiger partial charge in [-0.25, -0.2) is 0 Å². The molecule has 0 saturated heterocycles. The Morgan fingerprint density at radius 1 is 1.00 bits per heavy atom. The van der Waals surface area contributed by atoms with Gasteiger partial charge in [-0.3, -0.25) is 0 Å². The molecule has 0 radical (unpaired) electrons. The van der Waals surface area contributed by atoms with Gasteiger partial charge in [0.25, 0.3) is 0 Å². The van der Waals surface area contributed by atoms with E-state index in [1.54, 1.807) is 0 Å². The molecule has 2 N–H and O–H groups in total. The minimum Gasteiger partial charge on any atom is -0.320 e. The van der Waals surface area contributed by atoms with Crippen molar-refractivity contribution < 1.29 is 0 Å². The van der Waals surface area contributed by atoms with Gasteiger partial charge in [-0.2, -0.15) is 0 Å². The SMILES string of the molecule is Cc1cc(Cl)c(C(N)c2cc(Cl)ccc2I)cc1C. The average Bonchev–Trinajstić information content (AvgIpc) is 2.36. The van der Waals surface area contributed by atoms with Crippen LogP contribution in [0.2, 0.25) is 10.0 Å². The van der Waals surface area contributed by atoms with Crippen molar-refractivity contribution in [3.63, 3.8) is 0 Å². The predicted octanol–water partition coefficient (Wildman–Crippen LogP) is 5.26. The lowest BCUT2D eigenvalue weighted by Gasteiger charge is -2.18. The van der Waals surface area contributed by atoms with Crippen molar-refractivity contribution in [3.8, 4) is 0 Å². The van der Waals surface area contributed by atoms with E-state index < -0.39 is 0 Å². The molecule has 0 amide bonds. The van der Waals surface area contributed by atoms with E-state index in [1.165, 1.54) is 11.1 Å². The van der Waals surface area contributed by atoms with E-state index in [4.69, 9.17) is 28.9 Å². The molecule has 2 aromatic carbocycles. The van der Waals surface area contributed by atoms with Gasteiger partial charge in [-0.05, 0) is 83.0 Å². The molecule has 100 valence electrons. The summed E-state index contributed by atoms with van der Waals surface area (Å²) in [4.78, 5) is 0. The molecule has 2 aromatic rings. The number of hydrogen-bond acceptors (Lipinski definition) is 1. The molecule has 0 saturated carbocycles. The van der Waals surface area contributed by atoms with Crippen molar-refractivity contribution in [1.29, 1.82) is 0 Å². The fourth-order valence-electron chi connectivity index (χ4n) is 1.96. The molecule has 0 spiro atoms. The summed E-state index contributed by atoms with van der Waals surface area (Å²) in [6, 6.07) is 9.48. The largest absolute Gasteiger partial charge is 0.320 e. The Balaban J connectivity index is 2.52. The van der Waals surface area contributed by atoms with Crippen LogP contribution in [0.15, 0.2) is 30.3 Å². The summed E-state index contributed by atoms with van der Waals surface area (Å²) in [5, 5.41) is 1.39. The lowest BCUT2D eigenvalue weighted by molar-refractivity contribution is 0.863. The van der Waals surface area contributed by atoms with Crippen LogP contribution in [0, 0.1) is 17.4 Å². The molecule has 19 heavy (non-hydrogen) atoms. The van der Waals surface area contributed by atoms with Gasteiger partial charge in [0.15, 0.2) is 0 Å². The molecule has 1 nitrogen and oxygen atoms in total. The smallest absolute Gasteiger partial charge is 0.0577 e. The molecule has 0 aliphatic rings. The molecule has 2 rings (SSSR count). The van der Waals surface area contributed by atoms with Gasteiger partial charge < -0.3 is 5.73 Å². The fourth-order valence-corrected chi connectivity index (χ4v) is 3.15. The maximum Gasteiger partial charge on any atom is 0.0577 e.